The molecule has 0 bridgehead atoms. The molecule has 112 valence electrons. The van der Waals surface area contributed by atoms with Crippen molar-refractivity contribution in [3.63, 3.8) is 0 Å². The van der Waals surface area contributed by atoms with E-state index < -0.39 is 11.7 Å². The van der Waals surface area contributed by atoms with E-state index in [0.717, 1.165) is 18.9 Å². The largest absolute Gasteiger partial charge is 0.490 e. The minimum absolute atomic E-state index is 0.0343. The number of halogens is 4. The maximum Gasteiger partial charge on any atom is 0.419 e. The highest BCUT2D eigenvalue weighted by Crippen LogP contribution is 2.37. The van der Waals surface area contributed by atoms with Crippen LogP contribution in [0.25, 0.3) is 0 Å². The SMILES string of the molecule is CC1CCC(COc2ccc(CCl)cc2C(F)(F)F)O1. The molecule has 0 spiro atoms. The first-order valence-electron chi connectivity index (χ1n) is 6.44. The Morgan fingerprint density at radius 3 is 2.65 bits per heavy atom. The third-order valence-corrected chi connectivity index (χ3v) is 3.56. The van der Waals surface area contributed by atoms with E-state index in [0.29, 0.717) is 5.56 Å². The monoisotopic (exact) mass is 308 g/mol. The van der Waals surface area contributed by atoms with Crippen molar-refractivity contribution in [2.24, 2.45) is 0 Å². The zero-order valence-electron chi connectivity index (χ0n) is 11.0. The predicted molar refractivity (Wildman–Crippen MR) is 70.1 cm³/mol. The van der Waals surface area contributed by atoms with Gasteiger partial charge in [-0.15, -0.1) is 11.6 Å². The van der Waals surface area contributed by atoms with Gasteiger partial charge < -0.3 is 9.47 Å². The Morgan fingerprint density at radius 1 is 1.35 bits per heavy atom. The molecule has 1 saturated heterocycles. The van der Waals surface area contributed by atoms with Crippen LogP contribution < -0.4 is 4.74 Å². The first-order valence-corrected chi connectivity index (χ1v) is 6.98. The molecular weight excluding hydrogens is 293 g/mol. The summed E-state index contributed by atoms with van der Waals surface area (Å²) < 4.78 is 49.8. The molecule has 0 aliphatic carbocycles. The summed E-state index contributed by atoms with van der Waals surface area (Å²) >= 11 is 5.57. The van der Waals surface area contributed by atoms with Gasteiger partial charge in [-0.1, -0.05) is 6.07 Å². The first kappa shape index (κ1) is 15.4. The van der Waals surface area contributed by atoms with Crippen molar-refractivity contribution >= 4 is 11.6 Å². The average Bonchev–Trinajstić information content (AvgIpc) is 2.81. The van der Waals surface area contributed by atoms with Gasteiger partial charge in [0.1, 0.15) is 12.4 Å². The highest BCUT2D eigenvalue weighted by molar-refractivity contribution is 6.17. The van der Waals surface area contributed by atoms with Gasteiger partial charge in [-0.05, 0) is 37.5 Å². The van der Waals surface area contributed by atoms with Crippen LogP contribution in [0.4, 0.5) is 13.2 Å². The minimum Gasteiger partial charge on any atom is -0.490 e. The zero-order chi connectivity index (χ0) is 14.8. The van der Waals surface area contributed by atoms with Crippen molar-refractivity contribution in [3.05, 3.63) is 29.3 Å². The van der Waals surface area contributed by atoms with E-state index in [1.165, 1.54) is 12.1 Å². The van der Waals surface area contributed by atoms with Crippen LogP contribution in [0.5, 0.6) is 5.75 Å². The lowest BCUT2D eigenvalue weighted by Gasteiger charge is -2.17. The summed E-state index contributed by atoms with van der Waals surface area (Å²) in [4.78, 5) is 0. The Hall–Kier alpha value is -0.940. The van der Waals surface area contributed by atoms with Crippen molar-refractivity contribution in [2.75, 3.05) is 6.61 Å². The standard InChI is InChI=1S/C14H16ClF3O2/c1-9-2-4-11(20-9)8-19-13-5-3-10(7-15)6-12(13)14(16,17)18/h3,5-6,9,11H,2,4,7-8H2,1H3. The third-order valence-electron chi connectivity index (χ3n) is 3.25. The Kier molecular flexibility index (Phi) is 4.81. The van der Waals surface area contributed by atoms with Crippen molar-refractivity contribution in [1.29, 1.82) is 0 Å². The van der Waals surface area contributed by atoms with E-state index in [2.05, 4.69) is 0 Å². The highest BCUT2D eigenvalue weighted by atomic mass is 35.5. The van der Waals surface area contributed by atoms with Crippen LogP contribution in [-0.4, -0.2) is 18.8 Å². The van der Waals surface area contributed by atoms with Crippen LogP contribution in [0.2, 0.25) is 0 Å². The molecule has 2 nitrogen and oxygen atoms in total. The maximum absolute atomic E-state index is 13.0. The number of hydrogen-bond acceptors (Lipinski definition) is 2. The normalized spacial score (nSPS) is 23.1. The van der Waals surface area contributed by atoms with Gasteiger partial charge in [0.05, 0.1) is 17.8 Å². The lowest BCUT2D eigenvalue weighted by atomic mass is 10.1. The molecule has 2 rings (SSSR count). The topological polar surface area (TPSA) is 18.5 Å². The zero-order valence-corrected chi connectivity index (χ0v) is 11.8. The number of alkyl halides is 4. The Morgan fingerprint density at radius 2 is 2.10 bits per heavy atom. The van der Waals surface area contributed by atoms with E-state index in [9.17, 15) is 13.2 Å². The van der Waals surface area contributed by atoms with Crippen LogP contribution >= 0.6 is 11.6 Å². The lowest BCUT2D eigenvalue weighted by Crippen LogP contribution is -2.19. The minimum atomic E-state index is -4.46. The fourth-order valence-electron chi connectivity index (χ4n) is 2.20. The summed E-state index contributed by atoms with van der Waals surface area (Å²) in [6, 6.07) is 3.88. The van der Waals surface area contributed by atoms with Crippen molar-refractivity contribution in [3.8, 4) is 5.75 Å². The predicted octanol–water partition coefficient (Wildman–Crippen LogP) is 4.39. The molecule has 0 amide bonds. The van der Waals surface area contributed by atoms with Gasteiger partial charge in [0.2, 0.25) is 0 Å². The molecule has 2 atom stereocenters. The summed E-state index contributed by atoms with van der Waals surface area (Å²) in [5.41, 5.74) is -0.376. The van der Waals surface area contributed by atoms with Crippen molar-refractivity contribution < 1.29 is 22.6 Å². The third kappa shape index (κ3) is 3.79. The molecule has 6 heteroatoms. The van der Waals surface area contributed by atoms with Gasteiger partial charge in [0.25, 0.3) is 0 Å². The molecular formula is C14H16ClF3O2. The second-order valence-electron chi connectivity index (χ2n) is 4.92. The molecule has 0 aromatic heterocycles. The molecule has 0 saturated carbocycles. The van der Waals surface area contributed by atoms with Crippen LogP contribution in [0, 0.1) is 0 Å². The molecule has 1 aromatic rings. The fourth-order valence-corrected chi connectivity index (χ4v) is 2.36. The molecule has 2 unspecified atom stereocenters. The molecule has 0 radical (unpaired) electrons. The number of rotatable bonds is 4. The van der Waals surface area contributed by atoms with Gasteiger partial charge >= 0.3 is 6.18 Å². The first-order chi connectivity index (χ1) is 9.40. The lowest BCUT2D eigenvalue weighted by molar-refractivity contribution is -0.139. The summed E-state index contributed by atoms with van der Waals surface area (Å²) in [6.45, 7) is 2.07. The summed E-state index contributed by atoms with van der Waals surface area (Å²) in [5.74, 6) is -0.137. The Balaban J connectivity index is 2.10. The number of ether oxygens (including phenoxy) is 2. The maximum atomic E-state index is 13.0. The fraction of sp³-hybridized carbons (Fsp3) is 0.571. The van der Waals surface area contributed by atoms with Gasteiger partial charge in [0, 0.05) is 5.88 Å². The quantitative estimate of drug-likeness (QED) is 0.768. The van der Waals surface area contributed by atoms with E-state index >= 15 is 0 Å². The van der Waals surface area contributed by atoms with Crippen molar-refractivity contribution in [2.45, 2.75) is 44.0 Å². The summed E-state index contributed by atoms with van der Waals surface area (Å²) in [7, 11) is 0. The van der Waals surface area contributed by atoms with Crippen molar-refractivity contribution in [1.82, 2.24) is 0 Å². The molecule has 1 aromatic carbocycles. The summed E-state index contributed by atoms with van der Waals surface area (Å²) in [6.07, 6.45) is -2.74. The van der Waals surface area contributed by atoms with E-state index in [1.54, 1.807) is 0 Å². The number of hydrogen-bond donors (Lipinski definition) is 0. The Bertz CT molecular complexity index is 462. The van der Waals surface area contributed by atoms with E-state index in [4.69, 9.17) is 21.1 Å². The van der Waals surface area contributed by atoms with E-state index in [1.807, 2.05) is 6.92 Å². The number of benzene rings is 1. The smallest absolute Gasteiger partial charge is 0.419 e. The van der Waals surface area contributed by atoms with Gasteiger partial charge in [-0.2, -0.15) is 13.2 Å². The van der Waals surface area contributed by atoms with Crippen LogP contribution in [0.1, 0.15) is 30.9 Å². The van der Waals surface area contributed by atoms with Gasteiger partial charge in [0.15, 0.2) is 0 Å². The van der Waals surface area contributed by atoms with Crippen LogP contribution in [0.3, 0.4) is 0 Å². The van der Waals surface area contributed by atoms with E-state index in [-0.39, 0.29) is 30.4 Å². The molecule has 20 heavy (non-hydrogen) atoms. The highest BCUT2D eigenvalue weighted by Gasteiger charge is 2.35. The molecule has 1 heterocycles. The molecule has 1 aliphatic heterocycles. The summed E-state index contributed by atoms with van der Waals surface area (Å²) in [5, 5.41) is 0. The molecule has 1 aliphatic rings. The second kappa shape index (κ2) is 6.22. The molecule has 0 N–H and O–H groups in total. The van der Waals surface area contributed by atoms with Gasteiger partial charge in [-0.3, -0.25) is 0 Å². The van der Waals surface area contributed by atoms with Crippen LogP contribution in [0.15, 0.2) is 18.2 Å². The van der Waals surface area contributed by atoms with Gasteiger partial charge in [-0.25, -0.2) is 0 Å². The Labute approximate surface area is 120 Å². The second-order valence-corrected chi connectivity index (χ2v) is 5.19. The average molecular weight is 309 g/mol. The van der Waals surface area contributed by atoms with Crippen LogP contribution in [-0.2, 0) is 16.8 Å². The molecule has 1 fully saturated rings.